The van der Waals surface area contributed by atoms with Gasteiger partial charge in [-0.05, 0) is 48.1 Å². The van der Waals surface area contributed by atoms with Gasteiger partial charge in [0.1, 0.15) is 11.7 Å². The van der Waals surface area contributed by atoms with E-state index >= 15 is 0 Å². The number of hydrogen-bond acceptors (Lipinski definition) is 6. The predicted molar refractivity (Wildman–Crippen MR) is 151 cm³/mol. The van der Waals surface area contributed by atoms with Gasteiger partial charge in [0.15, 0.2) is 5.78 Å². The molecule has 11 heteroatoms. The van der Waals surface area contributed by atoms with Crippen LogP contribution >= 0.6 is 11.3 Å². The number of rotatable bonds is 7. The average molecular weight is 561 g/mol. The Balaban J connectivity index is 0.000000715. The van der Waals surface area contributed by atoms with E-state index in [9.17, 15) is 22.8 Å². The van der Waals surface area contributed by atoms with Crippen LogP contribution in [-0.2, 0) is 26.7 Å². The molecule has 0 unspecified atom stereocenters. The van der Waals surface area contributed by atoms with Crippen molar-refractivity contribution < 1.29 is 22.8 Å². The normalized spacial score (nSPS) is 17.4. The molecule has 2 atom stereocenters. The van der Waals surface area contributed by atoms with Crippen molar-refractivity contribution in [3.8, 4) is 0 Å². The van der Waals surface area contributed by atoms with Crippen molar-refractivity contribution in [2.24, 2.45) is 13.0 Å². The molecule has 38 heavy (non-hydrogen) atoms. The molecule has 3 aromatic rings. The van der Waals surface area contributed by atoms with Crippen LogP contribution in [0.1, 0.15) is 43.6 Å². The third-order valence-electron chi connectivity index (χ3n) is 6.35. The van der Waals surface area contributed by atoms with Crippen LogP contribution in [0.5, 0.6) is 0 Å². The molecule has 2 amide bonds. The summed E-state index contributed by atoms with van der Waals surface area (Å²) in [6, 6.07) is 11.8. The summed E-state index contributed by atoms with van der Waals surface area (Å²) in [5.41, 5.74) is 1.35. The first-order valence-electron chi connectivity index (χ1n) is 12.6. The summed E-state index contributed by atoms with van der Waals surface area (Å²) in [5.74, 6) is -1.04. The molecule has 1 fully saturated rings. The number of thiophene rings is 1. The molecular weight excluding hydrogens is 524 g/mol. The zero-order valence-corrected chi connectivity index (χ0v) is 23.8. The number of carbonyl (C=O) groups excluding carboxylic acids is 3. The van der Waals surface area contributed by atoms with Crippen LogP contribution in [0.4, 0.5) is 0 Å². The molecule has 1 aliphatic heterocycles. The number of nitrogens with one attached hydrogen (secondary N) is 2. The predicted octanol–water partition coefficient (Wildman–Crippen LogP) is 3.18. The highest BCUT2D eigenvalue weighted by Crippen LogP contribution is 2.19. The molecule has 9 nitrogen and oxygen atoms in total. The zero-order valence-electron chi connectivity index (χ0n) is 22.2. The van der Waals surface area contributed by atoms with Gasteiger partial charge in [-0.1, -0.05) is 44.2 Å². The molecule has 0 saturated carbocycles. The highest BCUT2D eigenvalue weighted by molar-refractivity contribution is 7.88. The van der Waals surface area contributed by atoms with Gasteiger partial charge >= 0.3 is 0 Å². The Morgan fingerprint density at radius 3 is 2.39 bits per heavy atom. The first-order chi connectivity index (χ1) is 18.0. The van der Waals surface area contributed by atoms with E-state index in [1.54, 1.807) is 29.0 Å². The lowest BCUT2D eigenvalue weighted by Gasteiger charge is -2.23. The minimum absolute atomic E-state index is 0.124. The monoisotopic (exact) mass is 560 g/mol. The number of fused-ring (bicyclic) bond motifs is 1. The van der Waals surface area contributed by atoms with Gasteiger partial charge in [-0.3, -0.25) is 14.4 Å². The number of sulfonamides is 1. The van der Waals surface area contributed by atoms with Gasteiger partial charge in [-0.25, -0.2) is 8.42 Å². The number of benzene rings is 1. The Labute approximate surface area is 228 Å². The number of ketones is 1. The number of nitrogens with zero attached hydrogens (tertiary/aromatic N) is 2. The molecule has 206 valence electrons. The average Bonchev–Trinajstić information content (AvgIpc) is 3.50. The smallest absolute Gasteiger partial charge is 0.268 e. The van der Waals surface area contributed by atoms with Crippen LogP contribution in [0.3, 0.4) is 0 Å². The van der Waals surface area contributed by atoms with Crippen molar-refractivity contribution in [1.29, 1.82) is 0 Å². The van der Waals surface area contributed by atoms with E-state index < -0.39 is 28.0 Å². The molecule has 1 saturated heterocycles. The lowest BCUT2D eigenvalue weighted by molar-refractivity contribution is -0.129. The maximum Gasteiger partial charge on any atom is 0.268 e. The maximum absolute atomic E-state index is 13.1. The van der Waals surface area contributed by atoms with E-state index in [1.807, 2.05) is 61.0 Å². The minimum atomic E-state index is -3.49. The van der Waals surface area contributed by atoms with Crippen LogP contribution in [-0.4, -0.2) is 66.3 Å². The number of Topliss-reactive ketones (excluding diaryl/α,β-unsaturated/α-hetero) is 1. The lowest BCUT2D eigenvalue weighted by atomic mass is 10.0. The maximum atomic E-state index is 13.1. The molecule has 2 aromatic heterocycles. The highest BCUT2D eigenvalue weighted by Gasteiger charge is 2.32. The topological polar surface area (TPSA) is 118 Å². The van der Waals surface area contributed by atoms with Gasteiger partial charge in [0.05, 0.1) is 18.8 Å². The van der Waals surface area contributed by atoms with Crippen molar-refractivity contribution >= 4 is 49.9 Å². The van der Waals surface area contributed by atoms with Crippen molar-refractivity contribution in [1.82, 2.24) is 19.5 Å². The quantitative estimate of drug-likeness (QED) is 0.460. The molecule has 0 spiro atoms. The van der Waals surface area contributed by atoms with E-state index in [-0.39, 0.29) is 30.7 Å². The summed E-state index contributed by atoms with van der Waals surface area (Å²) in [4.78, 5) is 38.8. The molecule has 3 heterocycles. The molecule has 4 rings (SSSR count). The summed E-state index contributed by atoms with van der Waals surface area (Å²) in [5, 5.41) is 10.6. The first-order valence-corrected chi connectivity index (χ1v) is 15.4. The summed E-state index contributed by atoms with van der Waals surface area (Å²) in [6.45, 7) is 3.87. The molecule has 0 radical (unpaired) electrons. The largest absolute Gasteiger partial charge is 0.344 e. The molecule has 2 N–H and O–H groups in total. The number of hydrogen-bond donors (Lipinski definition) is 2. The summed E-state index contributed by atoms with van der Waals surface area (Å²) in [6.07, 6.45) is 2.28. The van der Waals surface area contributed by atoms with Crippen LogP contribution in [0, 0.1) is 5.92 Å². The van der Waals surface area contributed by atoms with E-state index in [0.29, 0.717) is 25.0 Å². The number of amides is 2. The van der Waals surface area contributed by atoms with Gasteiger partial charge in [0, 0.05) is 24.5 Å². The van der Waals surface area contributed by atoms with Crippen molar-refractivity contribution in [2.75, 3.05) is 19.3 Å². The van der Waals surface area contributed by atoms with Gasteiger partial charge < -0.3 is 15.2 Å². The number of para-hydroxylation sites is 1. The van der Waals surface area contributed by atoms with Crippen LogP contribution in [0.15, 0.2) is 53.2 Å². The fraction of sp³-hybridized carbons (Fsp3) is 0.444. The van der Waals surface area contributed by atoms with Crippen LogP contribution in [0.2, 0.25) is 0 Å². The van der Waals surface area contributed by atoms with E-state index in [4.69, 9.17) is 0 Å². The zero-order chi connectivity index (χ0) is 27.9. The Kier molecular flexibility index (Phi) is 10.2. The number of aryl methyl sites for hydroxylation is 1. The Morgan fingerprint density at radius 2 is 1.82 bits per heavy atom. The van der Waals surface area contributed by atoms with Crippen molar-refractivity contribution in [2.45, 2.75) is 45.2 Å². The second kappa shape index (κ2) is 13.2. The minimum Gasteiger partial charge on any atom is -0.344 e. The molecule has 0 bridgehead atoms. The number of aromatic nitrogens is 1. The molecule has 0 aliphatic carbocycles. The van der Waals surface area contributed by atoms with E-state index in [2.05, 4.69) is 10.6 Å². The van der Waals surface area contributed by atoms with Gasteiger partial charge in [-0.15, -0.1) is 0 Å². The van der Waals surface area contributed by atoms with Crippen LogP contribution in [0.25, 0.3) is 10.9 Å². The molecule has 1 aromatic carbocycles. The highest BCUT2D eigenvalue weighted by atomic mass is 32.2. The van der Waals surface area contributed by atoms with Gasteiger partial charge in [0.2, 0.25) is 15.9 Å². The van der Waals surface area contributed by atoms with Gasteiger partial charge in [0.25, 0.3) is 5.91 Å². The third-order valence-corrected chi connectivity index (χ3v) is 8.22. The van der Waals surface area contributed by atoms with Crippen molar-refractivity contribution in [3.05, 3.63) is 58.9 Å². The lowest BCUT2D eigenvalue weighted by Crippen LogP contribution is -2.52. The third kappa shape index (κ3) is 7.99. The SMILES string of the molecule is CC(C)C[C@H](NC(=O)c1cc2ccccc2n1C)C(=O)N[C@@H]1CCCN(S(C)(=O)=O)CC1=O.c1ccsc1. The molecular formula is C27H36N4O5S2. The summed E-state index contributed by atoms with van der Waals surface area (Å²) in [7, 11) is -1.69. The Morgan fingerprint density at radius 1 is 1.13 bits per heavy atom. The fourth-order valence-electron chi connectivity index (χ4n) is 4.37. The standard InChI is InChI=1S/C23H32N4O5S.C4H4S/c1-15(2)12-18(25-23(30)20-13-16-8-5-6-10-19(16)26(20)3)22(29)24-17-9-7-11-27(14-21(17)28)33(4,31)32;1-2-4-5-3-1/h5-6,8,10,13,15,17-18H,7,9,11-12,14H2,1-4H3,(H,24,29)(H,25,30);1-4H/t17-,18+;/m1./s1. The first kappa shape index (κ1) is 29.5. The van der Waals surface area contributed by atoms with Crippen LogP contribution < -0.4 is 10.6 Å². The second-order valence-corrected chi connectivity index (χ2v) is 12.7. The summed E-state index contributed by atoms with van der Waals surface area (Å²) < 4.78 is 26.6. The fourth-order valence-corrected chi connectivity index (χ4v) is 5.65. The van der Waals surface area contributed by atoms with E-state index in [1.165, 1.54) is 0 Å². The molecule has 1 aliphatic rings. The Bertz CT molecular complexity index is 1330. The van der Waals surface area contributed by atoms with Gasteiger partial charge in [-0.2, -0.15) is 15.6 Å². The summed E-state index contributed by atoms with van der Waals surface area (Å²) >= 11 is 1.71. The second-order valence-electron chi connectivity index (χ2n) is 9.86. The number of carbonyl (C=O) groups is 3. The Hall–Kier alpha value is -3.02. The van der Waals surface area contributed by atoms with Crippen molar-refractivity contribution in [3.63, 3.8) is 0 Å². The van der Waals surface area contributed by atoms with E-state index in [0.717, 1.165) is 21.5 Å².